The molecule has 0 heterocycles. The number of benzene rings is 3. The second kappa shape index (κ2) is 11.3. The van der Waals surface area contributed by atoms with E-state index in [2.05, 4.69) is 10.5 Å². The van der Waals surface area contributed by atoms with Gasteiger partial charge in [0.05, 0.1) is 18.2 Å². The molecule has 0 spiro atoms. The van der Waals surface area contributed by atoms with Gasteiger partial charge in [-0.1, -0.05) is 36.4 Å². The fourth-order valence-electron chi connectivity index (χ4n) is 2.87. The molecule has 0 aromatic heterocycles. The van der Waals surface area contributed by atoms with Gasteiger partial charge in [0.1, 0.15) is 6.61 Å². The summed E-state index contributed by atoms with van der Waals surface area (Å²) >= 11 is 0. The quantitative estimate of drug-likeness (QED) is 0.284. The number of nitro groups is 1. The van der Waals surface area contributed by atoms with Gasteiger partial charge in [-0.15, -0.1) is 0 Å². The summed E-state index contributed by atoms with van der Waals surface area (Å²) in [6.07, 6.45) is 1.44. The normalized spacial score (nSPS) is 10.6. The van der Waals surface area contributed by atoms with Crippen LogP contribution in [0.25, 0.3) is 0 Å². The van der Waals surface area contributed by atoms with E-state index in [9.17, 15) is 14.9 Å². The van der Waals surface area contributed by atoms with Crippen molar-refractivity contribution in [1.29, 1.82) is 0 Å². The van der Waals surface area contributed by atoms with E-state index in [0.717, 1.165) is 11.1 Å². The average molecular weight is 449 g/mol. The zero-order chi connectivity index (χ0) is 23.6. The number of carbonyl (C=O) groups excluding carboxylic acids is 1. The predicted molar refractivity (Wildman–Crippen MR) is 123 cm³/mol. The van der Waals surface area contributed by atoms with Gasteiger partial charge in [-0.05, 0) is 47.9 Å². The Morgan fingerprint density at radius 3 is 2.52 bits per heavy atom. The van der Waals surface area contributed by atoms with E-state index < -0.39 is 17.4 Å². The lowest BCUT2D eigenvalue weighted by molar-refractivity contribution is -0.385. The van der Waals surface area contributed by atoms with Crippen LogP contribution in [0, 0.1) is 17.0 Å². The van der Waals surface area contributed by atoms with Crippen LogP contribution in [-0.4, -0.2) is 30.8 Å². The molecule has 0 radical (unpaired) electrons. The van der Waals surface area contributed by atoms with Crippen molar-refractivity contribution in [3.63, 3.8) is 0 Å². The van der Waals surface area contributed by atoms with Crippen LogP contribution < -0.4 is 19.6 Å². The van der Waals surface area contributed by atoms with E-state index in [1.54, 1.807) is 31.2 Å². The molecular weight excluding hydrogens is 426 g/mol. The number of hydrazone groups is 1. The first-order valence-corrected chi connectivity index (χ1v) is 10.0. The zero-order valence-corrected chi connectivity index (χ0v) is 18.2. The Morgan fingerprint density at radius 1 is 1.03 bits per heavy atom. The first kappa shape index (κ1) is 23.3. The third-order valence-corrected chi connectivity index (χ3v) is 4.50. The van der Waals surface area contributed by atoms with E-state index in [0.29, 0.717) is 23.7 Å². The fraction of sp³-hybridized carbons (Fsp3) is 0.167. The number of nitrogens with one attached hydrogen (secondary N) is 1. The minimum atomic E-state index is -0.559. The summed E-state index contributed by atoms with van der Waals surface area (Å²) in [6, 6.07) is 19.5. The number of ether oxygens (including phenoxy) is 3. The number of hydrogen-bond donors (Lipinski definition) is 1. The maximum absolute atomic E-state index is 12.0. The molecule has 0 aliphatic rings. The van der Waals surface area contributed by atoms with Gasteiger partial charge in [-0.25, -0.2) is 5.43 Å². The van der Waals surface area contributed by atoms with Crippen molar-refractivity contribution in [2.24, 2.45) is 5.10 Å². The lowest BCUT2D eigenvalue weighted by Crippen LogP contribution is -2.24. The van der Waals surface area contributed by atoms with Crippen LogP contribution >= 0.6 is 0 Å². The maximum atomic E-state index is 12.0. The van der Waals surface area contributed by atoms with Gasteiger partial charge >= 0.3 is 5.69 Å². The molecule has 3 rings (SSSR count). The number of carbonyl (C=O) groups is 1. The molecule has 33 heavy (non-hydrogen) atoms. The van der Waals surface area contributed by atoms with Crippen molar-refractivity contribution in [3.8, 4) is 17.2 Å². The highest BCUT2D eigenvalue weighted by atomic mass is 16.6. The summed E-state index contributed by atoms with van der Waals surface area (Å²) in [5.74, 6) is 0.559. The van der Waals surface area contributed by atoms with Crippen molar-refractivity contribution in [2.45, 2.75) is 13.5 Å². The van der Waals surface area contributed by atoms with Crippen molar-refractivity contribution >= 4 is 17.8 Å². The summed E-state index contributed by atoms with van der Waals surface area (Å²) in [4.78, 5) is 22.6. The molecular formula is C24H23N3O6. The second-order valence-electron chi connectivity index (χ2n) is 6.99. The molecule has 0 aliphatic heterocycles. The van der Waals surface area contributed by atoms with Gasteiger partial charge in [0.2, 0.25) is 0 Å². The fourth-order valence-corrected chi connectivity index (χ4v) is 2.87. The first-order chi connectivity index (χ1) is 16.0. The lowest BCUT2D eigenvalue weighted by atomic mass is 10.2. The largest absolute Gasteiger partial charge is 0.493 e. The molecule has 3 aromatic rings. The van der Waals surface area contributed by atoms with Gasteiger partial charge in [0.15, 0.2) is 23.9 Å². The molecule has 9 heteroatoms. The average Bonchev–Trinajstić information content (AvgIpc) is 2.82. The van der Waals surface area contributed by atoms with Gasteiger partial charge < -0.3 is 14.2 Å². The van der Waals surface area contributed by atoms with E-state index in [1.165, 1.54) is 25.5 Å². The van der Waals surface area contributed by atoms with E-state index >= 15 is 0 Å². The number of methoxy groups -OCH3 is 1. The van der Waals surface area contributed by atoms with Crippen LogP contribution in [0.3, 0.4) is 0 Å². The Balaban J connectivity index is 1.54. The Hall–Kier alpha value is -4.40. The highest BCUT2D eigenvalue weighted by molar-refractivity contribution is 5.83. The molecule has 1 amide bonds. The maximum Gasteiger partial charge on any atom is 0.311 e. The molecule has 0 saturated heterocycles. The van der Waals surface area contributed by atoms with Crippen molar-refractivity contribution in [1.82, 2.24) is 5.43 Å². The summed E-state index contributed by atoms with van der Waals surface area (Å²) in [5, 5.41) is 15.0. The number of amides is 1. The van der Waals surface area contributed by atoms with Crippen LogP contribution in [0.15, 0.2) is 71.8 Å². The number of nitrogens with zero attached hydrogens (tertiary/aromatic N) is 2. The van der Waals surface area contributed by atoms with Crippen molar-refractivity contribution in [3.05, 3.63) is 93.5 Å². The predicted octanol–water partition coefficient (Wildman–Crippen LogP) is 4.02. The van der Waals surface area contributed by atoms with Gasteiger partial charge in [-0.2, -0.15) is 5.10 Å². The standard InChI is InChI=1S/C24H23N3O6/c1-17-8-10-21(20(12-17)27(29)30)33-16-24(28)26-25-14-19-9-11-22(23(13-19)31-2)32-15-18-6-4-3-5-7-18/h3-14H,15-16H2,1-2H3,(H,26,28)/b25-14-. The number of nitro benzene ring substituents is 1. The van der Waals surface area contributed by atoms with Crippen molar-refractivity contribution in [2.75, 3.05) is 13.7 Å². The number of hydrogen-bond acceptors (Lipinski definition) is 7. The lowest BCUT2D eigenvalue weighted by Gasteiger charge is -2.11. The summed E-state index contributed by atoms with van der Waals surface area (Å²) in [7, 11) is 1.54. The van der Waals surface area contributed by atoms with Gasteiger partial charge in [0.25, 0.3) is 5.91 Å². The molecule has 1 N–H and O–H groups in total. The molecule has 0 atom stereocenters. The third kappa shape index (κ3) is 6.79. The van der Waals surface area contributed by atoms with E-state index in [4.69, 9.17) is 14.2 Å². The molecule has 0 fully saturated rings. The zero-order valence-electron chi connectivity index (χ0n) is 18.2. The van der Waals surface area contributed by atoms with Crippen LogP contribution in [0.4, 0.5) is 5.69 Å². The molecule has 170 valence electrons. The summed E-state index contributed by atoms with van der Waals surface area (Å²) in [5.41, 5.74) is 4.55. The molecule has 0 unspecified atom stereocenters. The van der Waals surface area contributed by atoms with Crippen LogP contribution in [0.2, 0.25) is 0 Å². The molecule has 0 aliphatic carbocycles. The molecule has 9 nitrogen and oxygen atoms in total. The van der Waals surface area contributed by atoms with Crippen molar-refractivity contribution < 1.29 is 23.9 Å². The smallest absolute Gasteiger partial charge is 0.311 e. The van der Waals surface area contributed by atoms with Crippen LogP contribution in [0.5, 0.6) is 17.2 Å². The summed E-state index contributed by atoms with van der Waals surface area (Å²) in [6.45, 7) is 1.71. The van der Waals surface area contributed by atoms with Gasteiger partial charge in [-0.3, -0.25) is 14.9 Å². The Morgan fingerprint density at radius 2 is 1.79 bits per heavy atom. The Labute approximate surface area is 190 Å². The highest BCUT2D eigenvalue weighted by Gasteiger charge is 2.16. The minimum absolute atomic E-state index is 0.0144. The highest BCUT2D eigenvalue weighted by Crippen LogP contribution is 2.29. The van der Waals surface area contributed by atoms with E-state index in [1.807, 2.05) is 30.3 Å². The van der Waals surface area contributed by atoms with Crippen LogP contribution in [-0.2, 0) is 11.4 Å². The van der Waals surface area contributed by atoms with Gasteiger partial charge in [0, 0.05) is 6.07 Å². The Bertz CT molecular complexity index is 1150. The second-order valence-corrected chi connectivity index (χ2v) is 6.99. The monoisotopic (exact) mass is 449 g/mol. The number of aryl methyl sites for hydroxylation is 1. The molecule has 0 bridgehead atoms. The number of rotatable bonds is 10. The van der Waals surface area contributed by atoms with E-state index in [-0.39, 0.29) is 11.4 Å². The summed E-state index contributed by atoms with van der Waals surface area (Å²) < 4.78 is 16.5. The molecule has 3 aromatic carbocycles. The SMILES string of the molecule is COc1cc(/C=N\NC(=O)COc2ccc(C)cc2[N+](=O)[O-])ccc1OCc1ccccc1. The molecule has 0 saturated carbocycles. The Kier molecular flexibility index (Phi) is 7.96. The third-order valence-electron chi connectivity index (χ3n) is 4.50. The topological polar surface area (TPSA) is 112 Å². The first-order valence-electron chi connectivity index (χ1n) is 10.0. The van der Waals surface area contributed by atoms with Crippen LogP contribution in [0.1, 0.15) is 16.7 Å². The minimum Gasteiger partial charge on any atom is -0.493 e.